The van der Waals surface area contributed by atoms with Crippen LogP contribution in [0.1, 0.15) is 43.4 Å². The molecule has 0 amide bonds. The molecule has 0 bridgehead atoms. The summed E-state index contributed by atoms with van der Waals surface area (Å²) in [5.74, 6) is 1.97. The van der Waals surface area contributed by atoms with Gasteiger partial charge in [-0.15, -0.1) is 0 Å². The molecule has 4 heteroatoms. The normalized spacial score (nSPS) is 15.3. The summed E-state index contributed by atoms with van der Waals surface area (Å²) < 4.78 is 7.69. The second-order valence-electron chi connectivity index (χ2n) is 7.39. The Morgan fingerprint density at radius 1 is 1.08 bits per heavy atom. The molecule has 4 nitrogen and oxygen atoms in total. The van der Waals surface area contributed by atoms with Gasteiger partial charge in [-0.1, -0.05) is 31.4 Å². The van der Waals surface area contributed by atoms with E-state index in [0.717, 1.165) is 28.5 Å². The van der Waals surface area contributed by atoms with Crippen LogP contribution >= 0.6 is 0 Å². The minimum atomic E-state index is 0.522. The fourth-order valence-corrected chi connectivity index (χ4v) is 4.08. The molecule has 2 aromatic heterocycles. The number of rotatable bonds is 4. The van der Waals surface area contributed by atoms with E-state index in [-0.39, 0.29) is 0 Å². The minimum absolute atomic E-state index is 0.522. The number of aromatic nitrogens is 2. The van der Waals surface area contributed by atoms with Crippen LogP contribution in [0.5, 0.6) is 5.75 Å². The first-order valence-corrected chi connectivity index (χ1v) is 9.56. The van der Waals surface area contributed by atoms with Crippen molar-refractivity contribution in [2.24, 2.45) is 0 Å². The van der Waals surface area contributed by atoms with E-state index in [1.807, 2.05) is 12.1 Å². The van der Waals surface area contributed by atoms with E-state index in [9.17, 15) is 0 Å². The van der Waals surface area contributed by atoms with Crippen molar-refractivity contribution in [3.05, 3.63) is 47.7 Å². The number of nitrogens with one attached hydrogen (secondary N) is 1. The number of fused-ring (bicyclic) bond motifs is 1. The number of imidazole rings is 1. The molecule has 4 rings (SSSR count). The molecule has 0 radical (unpaired) electrons. The molecule has 136 valence electrons. The average molecular weight is 349 g/mol. The van der Waals surface area contributed by atoms with Crippen LogP contribution in [-0.2, 0) is 0 Å². The Bertz CT molecular complexity index is 923. The van der Waals surface area contributed by atoms with Gasteiger partial charge >= 0.3 is 0 Å². The van der Waals surface area contributed by atoms with Crippen LogP contribution in [0.15, 0.2) is 36.4 Å². The smallest absolute Gasteiger partial charge is 0.139 e. The molecular weight excluding hydrogens is 322 g/mol. The third kappa shape index (κ3) is 3.16. The number of hydrogen-bond donors (Lipinski definition) is 1. The second-order valence-corrected chi connectivity index (χ2v) is 7.39. The van der Waals surface area contributed by atoms with E-state index in [1.165, 1.54) is 43.4 Å². The Balaban J connectivity index is 1.87. The van der Waals surface area contributed by atoms with Gasteiger partial charge in [0.05, 0.1) is 7.11 Å². The number of pyridine rings is 1. The summed E-state index contributed by atoms with van der Waals surface area (Å²) in [6.45, 7) is 4.28. The average Bonchev–Trinajstić information content (AvgIpc) is 3.01. The van der Waals surface area contributed by atoms with Crippen LogP contribution in [-0.4, -0.2) is 22.5 Å². The summed E-state index contributed by atoms with van der Waals surface area (Å²) in [7, 11) is 1.71. The maximum atomic E-state index is 5.43. The molecule has 1 aromatic carbocycles. The van der Waals surface area contributed by atoms with Crippen molar-refractivity contribution in [1.82, 2.24) is 9.38 Å². The van der Waals surface area contributed by atoms with E-state index >= 15 is 0 Å². The van der Waals surface area contributed by atoms with E-state index in [2.05, 4.69) is 47.8 Å². The molecule has 0 spiro atoms. The molecule has 0 unspecified atom stereocenters. The minimum Gasteiger partial charge on any atom is -0.497 e. The maximum Gasteiger partial charge on any atom is 0.139 e. The van der Waals surface area contributed by atoms with Crippen molar-refractivity contribution in [3.63, 3.8) is 0 Å². The lowest BCUT2D eigenvalue weighted by molar-refractivity contribution is 0.415. The lowest BCUT2D eigenvalue weighted by atomic mass is 9.95. The maximum absolute atomic E-state index is 5.43. The van der Waals surface area contributed by atoms with Gasteiger partial charge in [-0.25, -0.2) is 4.98 Å². The Kier molecular flexibility index (Phi) is 4.58. The van der Waals surface area contributed by atoms with Gasteiger partial charge in [-0.3, -0.25) is 4.40 Å². The van der Waals surface area contributed by atoms with Gasteiger partial charge in [0, 0.05) is 17.3 Å². The Labute approximate surface area is 155 Å². The van der Waals surface area contributed by atoms with Gasteiger partial charge in [0.15, 0.2) is 0 Å². The highest BCUT2D eigenvalue weighted by molar-refractivity contribution is 5.78. The predicted octanol–water partition coefficient (Wildman–Crippen LogP) is 5.37. The highest BCUT2D eigenvalue weighted by atomic mass is 16.5. The Hall–Kier alpha value is -2.49. The number of benzene rings is 1. The second kappa shape index (κ2) is 7.02. The third-order valence-corrected chi connectivity index (χ3v) is 5.34. The Morgan fingerprint density at radius 3 is 2.65 bits per heavy atom. The molecule has 1 N–H and O–H groups in total. The highest BCUT2D eigenvalue weighted by Gasteiger charge is 2.21. The van der Waals surface area contributed by atoms with Crippen molar-refractivity contribution in [1.29, 1.82) is 0 Å². The summed E-state index contributed by atoms with van der Waals surface area (Å²) >= 11 is 0. The van der Waals surface area contributed by atoms with Gasteiger partial charge in [0.1, 0.15) is 22.9 Å². The zero-order valence-electron chi connectivity index (χ0n) is 15.9. The predicted molar refractivity (Wildman–Crippen MR) is 107 cm³/mol. The van der Waals surface area contributed by atoms with Gasteiger partial charge in [0.2, 0.25) is 0 Å². The van der Waals surface area contributed by atoms with E-state index in [4.69, 9.17) is 9.72 Å². The van der Waals surface area contributed by atoms with Crippen molar-refractivity contribution in [3.8, 4) is 17.0 Å². The van der Waals surface area contributed by atoms with Crippen LogP contribution < -0.4 is 10.1 Å². The summed E-state index contributed by atoms with van der Waals surface area (Å²) in [5.41, 5.74) is 5.53. The Morgan fingerprint density at radius 2 is 1.88 bits per heavy atom. The van der Waals surface area contributed by atoms with Crippen LogP contribution in [0.3, 0.4) is 0 Å². The molecule has 3 aromatic rings. The zero-order valence-corrected chi connectivity index (χ0v) is 15.9. The fraction of sp³-hybridized carbons (Fsp3) is 0.409. The monoisotopic (exact) mass is 349 g/mol. The summed E-state index contributed by atoms with van der Waals surface area (Å²) in [6, 6.07) is 13.1. The SMILES string of the molecule is COc1cccc(-c2nc3cc(C)cc(C)n3c2NC2CCCCC2)c1. The number of aryl methyl sites for hydroxylation is 2. The van der Waals surface area contributed by atoms with Crippen LogP contribution in [0.25, 0.3) is 16.9 Å². The van der Waals surface area contributed by atoms with Gasteiger partial charge in [0.25, 0.3) is 0 Å². The van der Waals surface area contributed by atoms with Crippen molar-refractivity contribution in [2.45, 2.75) is 52.0 Å². The summed E-state index contributed by atoms with van der Waals surface area (Å²) in [6.07, 6.45) is 6.43. The van der Waals surface area contributed by atoms with Gasteiger partial charge < -0.3 is 10.1 Å². The van der Waals surface area contributed by atoms with E-state index in [1.54, 1.807) is 7.11 Å². The number of methoxy groups -OCH3 is 1. The molecule has 1 saturated carbocycles. The molecule has 1 fully saturated rings. The van der Waals surface area contributed by atoms with E-state index in [0.29, 0.717) is 6.04 Å². The number of hydrogen-bond acceptors (Lipinski definition) is 3. The first kappa shape index (κ1) is 17.0. The zero-order chi connectivity index (χ0) is 18.1. The highest BCUT2D eigenvalue weighted by Crippen LogP contribution is 2.34. The molecule has 0 aliphatic heterocycles. The number of nitrogens with zero attached hydrogens (tertiary/aromatic N) is 2. The van der Waals surface area contributed by atoms with Crippen LogP contribution in [0.4, 0.5) is 5.82 Å². The summed E-state index contributed by atoms with van der Waals surface area (Å²) in [5, 5.41) is 3.83. The molecule has 1 aliphatic rings. The first-order chi connectivity index (χ1) is 12.7. The van der Waals surface area contributed by atoms with Crippen molar-refractivity contribution in [2.75, 3.05) is 12.4 Å². The lowest BCUT2D eigenvalue weighted by Crippen LogP contribution is -2.23. The number of ether oxygens (including phenoxy) is 1. The molecule has 1 aliphatic carbocycles. The van der Waals surface area contributed by atoms with Crippen molar-refractivity contribution >= 4 is 11.5 Å². The topological polar surface area (TPSA) is 38.6 Å². The summed E-state index contributed by atoms with van der Waals surface area (Å²) in [4.78, 5) is 4.99. The molecule has 0 saturated heterocycles. The largest absolute Gasteiger partial charge is 0.497 e. The molecule has 26 heavy (non-hydrogen) atoms. The molecule has 0 atom stereocenters. The van der Waals surface area contributed by atoms with Crippen LogP contribution in [0, 0.1) is 13.8 Å². The van der Waals surface area contributed by atoms with Gasteiger partial charge in [-0.2, -0.15) is 0 Å². The van der Waals surface area contributed by atoms with Crippen molar-refractivity contribution < 1.29 is 4.74 Å². The third-order valence-electron chi connectivity index (χ3n) is 5.34. The fourth-order valence-electron chi connectivity index (χ4n) is 4.08. The standard InChI is InChI=1S/C22H27N3O/c1-15-12-16(2)25-20(13-15)24-21(17-8-7-11-19(14-17)26-3)22(25)23-18-9-5-4-6-10-18/h7-8,11-14,18,23H,4-6,9-10H2,1-3H3. The number of anilines is 1. The quantitative estimate of drug-likeness (QED) is 0.688. The van der Waals surface area contributed by atoms with Crippen LogP contribution in [0.2, 0.25) is 0 Å². The molecule has 2 heterocycles. The van der Waals surface area contributed by atoms with E-state index < -0.39 is 0 Å². The molecular formula is C22H27N3O. The lowest BCUT2D eigenvalue weighted by Gasteiger charge is -2.24. The first-order valence-electron chi connectivity index (χ1n) is 9.56. The van der Waals surface area contributed by atoms with Gasteiger partial charge in [-0.05, 0) is 56.5 Å².